The van der Waals surface area contributed by atoms with Crippen LogP contribution in [0, 0.1) is 17.8 Å². The van der Waals surface area contributed by atoms with Crippen LogP contribution in [0.4, 0.5) is 0 Å². The summed E-state index contributed by atoms with van der Waals surface area (Å²) in [7, 11) is 0. The highest BCUT2D eigenvalue weighted by atomic mass is 32.2. The van der Waals surface area contributed by atoms with Gasteiger partial charge in [-0.1, -0.05) is 23.9 Å². The molecule has 1 saturated heterocycles. The van der Waals surface area contributed by atoms with E-state index in [1.54, 1.807) is 11.8 Å². The number of hydrogen-bond donors (Lipinski definition) is 0. The fraction of sp³-hybridized carbons (Fsp3) is 0.667. The highest BCUT2D eigenvalue weighted by Crippen LogP contribution is 2.48. The Labute approximate surface area is 99.0 Å². The number of nitrogens with zero attached hydrogens (tertiary/aromatic N) is 2. The number of amidine groups is 1. The molecule has 0 aromatic heterocycles. The summed E-state index contributed by atoms with van der Waals surface area (Å²) in [6.45, 7) is 0.884. The number of thioether (sulfide) groups is 1. The van der Waals surface area contributed by atoms with Gasteiger partial charge >= 0.3 is 0 Å². The molecular formula is C12H14N2OS. The molecule has 4 aliphatic rings. The Morgan fingerprint density at radius 2 is 2.25 bits per heavy atom. The van der Waals surface area contributed by atoms with Gasteiger partial charge in [0.25, 0.3) is 0 Å². The molecule has 4 heteroatoms. The molecule has 1 saturated carbocycles. The molecule has 0 aromatic rings. The van der Waals surface area contributed by atoms with E-state index in [1.165, 1.54) is 0 Å². The second-order valence-electron chi connectivity index (χ2n) is 5.07. The third kappa shape index (κ3) is 1.06. The van der Waals surface area contributed by atoms with E-state index < -0.39 is 0 Å². The third-order valence-electron chi connectivity index (χ3n) is 4.22. The molecule has 0 spiro atoms. The zero-order chi connectivity index (χ0) is 10.7. The number of fused-ring (bicyclic) bond motifs is 6. The number of amides is 1. The highest BCUT2D eigenvalue weighted by molar-refractivity contribution is 8.13. The molecule has 2 fully saturated rings. The summed E-state index contributed by atoms with van der Waals surface area (Å²) in [5.41, 5.74) is 0. The van der Waals surface area contributed by atoms with Crippen LogP contribution in [0.3, 0.4) is 0 Å². The fourth-order valence-electron chi connectivity index (χ4n) is 3.48. The minimum atomic E-state index is 0.164. The maximum absolute atomic E-state index is 12.4. The molecule has 4 atom stereocenters. The van der Waals surface area contributed by atoms with Crippen molar-refractivity contribution in [1.29, 1.82) is 0 Å². The first-order valence-corrected chi connectivity index (χ1v) is 7.03. The molecule has 4 rings (SSSR count). The third-order valence-corrected chi connectivity index (χ3v) is 5.29. The second-order valence-corrected chi connectivity index (χ2v) is 6.13. The lowest BCUT2D eigenvalue weighted by molar-refractivity contribution is -0.133. The highest BCUT2D eigenvalue weighted by Gasteiger charge is 2.52. The van der Waals surface area contributed by atoms with E-state index in [1.807, 2.05) is 4.90 Å². The van der Waals surface area contributed by atoms with Crippen molar-refractivity contribution in [3.05, 3.63) is 12.2 Å². The summed E-state index contributed by atoms with van der Waals surface area (Å²) in [4.78, 5) is 19.2. The average molecular weight is 234 g/mol. The Bertz CT molecular complexity index is 417. The largest absolute Gasteiger partial charge is 0.291 e. The van der Waals surface area contributed by atoms with Gasteiger partial charge in [0, 0.05) is 18.2 Å². The number of allylic oxidation sites excluding steroid dienone is 1. The minimum absolute atomic E-state index is 0.164. The van der Waals surface area contributed by atoms with E-state index >= 15 is 0 Å². The zero-order valence-electron chi connectivity index (χ0n) is 9.00. The summed E-state index contributed by atoms with van der Waals surface area (Å²) in [6.07, 6.45) is 6.76. The minimum Gasteiger partial charge on any atom is -0.291 e. The van der Waals surface area contributed by atoms with Gasteiger partial charge in [-0.05, 0) is 18.8 Å². The van der Waals surface area contributed by atoms with E-state index in [0.29, 0.717) is 17.7 Å². The van der Waals surface area contributed by atoms with E-state index in [9.17, 15) is 4.79 Å². The van der Waals surface area contributed by atoms with Gasteiger partial charge in [-0.25, -0.2) is 0 Å². The summed E-state index contributed by atoms with van der Waals surface area (Å²) in [6, 6.07) is 0.263. The van der Waals surface area contributed by atoms with Crippen LogP contribution in [-0.2, 0) is 4.79 Å². The van der Waals surface area contributed by atoms with Crippen molar-refractivity contribution >= 4 is 22.8 Å². The van der Waals surface area contributed by atoms with Crippen LogP contribution in [0.1, 0.15) is 12.8 Å². The van der Waals surface area contributed by atoms with Gasteiger partial charge < -0.3 is 0 Å². The van der Waals surface area contributed by atoms with Gasteiger partial charge in [-0.2, -0.15) is 0 Å². The molecule has 2 heterocycles. The summed E-state index contributed by atoms with van der Waals surface area (Å²) < 4.78 is 0. The number of rotatable bonds is 0. The van der Waals surface area contributed by atoms with Crippen molar-refractivity contribution < 1.29 is 4.79 Å². The molecule has 0 radical (unpaired) electrons. The van der Waals surface area contributed by atoms with Crippen molar-refractivity contribution in [3.63, 3.8) is 0 Å². The number of hydrogen-bond acceptors (Lipinski definition) is 3. The van der Waals surface area contributed by atoms with Crippen LogP contribution < -0.4 is 0 Å². The topological polar surface area (TPSA) is 32.7 Å². The van der Waals surface area contributed by atoms with Crippen molar-refractivity contribution in [2.24, 2.45) is 22.7 Å². The lowest BCUT2D eigenvalue weighted by Crippen LogP contribution is -2.51. The molecular weight excluding hydrogens is 220 g/mol. The standard InChI is InChI=1S/C12H14N2OS/c15-11-9-7-2-3-8(6-7)10(9)13-12-14(11)4-1-5-16-12/h2-3,7-10H,1,4-6H2/t7-,8+,9+,10-/m0/s1. The van der Waals surface area contributed by atoms with Gasteiger partial charge in [-0.3, -0.25) is 14.7 Å². The zero-order valence-corrected chi connectivity index (χ0v) is 9.82. The van der Waals surface area contributed by atoms with E-state index in [4.69, 9.17) is 4.99 Å². The SMILES string of the molecule is O=C1[C@H]2[C@@H](N=C3SCCCN13)[C@@H]1C=C[C@H]2C1. The maximum atomic E-state index is 12.4. The Kier molecular flexibility index (Phi) is 1.81. The monoisotopic (exact) mass is 234 g/mol. The van der Waals surface area contributed by atoms with Crippen LogP contribution >= 0.6 is 11.8 Å². The van der Waals surface area contributed by atoms with E-state index in [-0.39, 0.29) is 12.0 Å². The van der Waals surface area contributed by atoms with Crippen LogP contribution in [0.25, 0.3) is 0 Å². The van der Waals surface area contributed by atoms with Gasteiger partial charge in [0.15, 0.2) is 5.17 Å². The Morgan fingerprint density at radius 1 is 1.38 bits per heavy atom. The lowest BCUT2D eigenvalue weighted by atomic mass is 9.87. The van der Waals surface area contributed by atoms with E-state index in [2.05, 4.69) is 12.2 Å². The van der Waals surface area contributed by atoms with Crippen LogP contribution in [0.2, 0.25) is 0 Å². The lowest BCUT2D eigenvalue weighted by Gasteiger charge is -2.38. The van der Waals surface area contributed by atoms with Crippen LogP contribution in [0.5, 0.6) is 0 Å². The maximum Gasteiger partial charge on any atom is 0.234 e. The smallest absolute Gasteiger partial charge is 0.234 e. The molecule has 0 unspecified atom stereocenters. The number of carbonyl (C=O) groups excluding carboxylic acids is 1. The first-order chi connectivity index (χ1) is 7.84. The van der Waals surface area contributed by atoms with Gasteiger partial charge in [0.2, 0.25) is 5.91 Å². The fourth-order valence-corrected chi connectivity index (χ4v) is 4.47. The molecule has 16 heavy (non-hydrogen) atoms. The number of carbonyl (C=O) groups is 1. The van der Waals surface area contributed by atoms with Crippen LogP contribution in [-0.4, -0.2) is 34.3 Å². The molecule has 2 aliphatic carbocycles. The van der Waals surface area contributed by atoms with Crippen LogP contribution in [0.15, 0.2) is 17.1 Å². The molecule has 0 aromatic carbocycles. The molecule has 2 bridgehead atoms. The molecule has 84 valence electrons. The number of aliphatic imine (C=N–C) groups is 1. The Morgan fingerprint density at radius 3 is 3.19 bits per heavy atom. The molecule has 3 nitrogen and oxygen atoms in total. The Hall–Kier alpha value is -0.770. The quantitative estimate of drug-likeness (QED) is 0.595. The Balaban J connectivity index is 1.77. The van der Waals surface area contributed by atoms with Gasteiger partial charge in [-0.15, -0.1) is 0 Å². The van der Waals surface area contributed by atoms with Crippen molar-refractivity contribution in [2.75, 3.05) is 12.3 Å². The summed E-state index contributed by atoms with van der Waals surface area (Å²) in [5.74, 6) is 2.64. The van der Waals surface area contributed by atoms with Gasteiger partial charge in [0.1, 0.15) is 0 Å². The van der Waals surface area contributed by atoms with Crippen molar-refractivity contribution in [2.45, 2.75) is 18.9 Å². The first-order valence-electron chi connectivity index (χ1n) is 6.05. The normalized spacial score (nSPS) is 44.4. The predicted octanol–water partition coefficient (Wildman–Crippen LogP) is 1.51. The summed E-state index contributed by atoms with van der Waals surface area (Å²) >= 11 is 1.76. The predicted molar refractivity (Wildman–Crippen MR) is 64.2 cm³/mol. The molecule has 1 amide bonds. The van der Waals surface area contributed by atoms with Crippen molar-refractivity contribution in [1.82, 2.24) is 4.90 Å². The summed E-state index contributed by atoms with van der Waals surface area (Å²) in [5, 5.41) is 0.999. The first kappa shape index (κ1) is 9.28. The van der Waals surface area contributed by atoms with E-state index in [0.717, 1.165) is 30.3 Å². The van der Waals surface area contributed by atoms with Gasteiger partial charge in [0.05, 0.1) is 12.0 Å². The molecule has 0 N–H and O–H groups in total. The average Bonchev–Trinajstić information content (AvgIpc) is 2.90. The van der Waals surface area contributed by atoms with Crippen molar-refractivity contribution in [3.8, 4) is 0 Å². The second kappa shape index (κ2) is 3.13. The molecule has 2 aliphatic heterocycles.